The molecule has 0 radical (unpaired) electrons. The summed E-state index contributed by atoms with van der Waals surface area (Å²) in [7, 11) is 0. The Morgan fingerprint density at radius 3 is 2.14 bits per heavy atom. The molecule has 2 rings (SSSR count). The molecule has 2 aromatic rings. The zero-order valence-corrected chi connectivity index (χ0v) is 14.2. The van der Waals surface area contributed by atoms with E-state index in [1.54, 1.807) is 12.1 Å². The number of nitrogens with two attached hydrogens (primary N) is 1. The fourth-order valence-electron chi connectivity index (χ4n) is 1.83. The van der Waals surface area contributed by atoms with E-state index in [2.05, 4.69) is 0 Å². The zero-order valence-electron chi connectivity index (χ0n) is 11.2. The van der Waals surface area contributed by atoms with Gasteiger partial charge < -0.3 is 10.5 Å². The molecule has 0 spiro atoms. The lowest BCUT2D eigenvalue weighted by Gasteiger charge is -2.12. The molecule has 0 bridgehead atoms. The summed E-state index contributed by atoms with van der Waals surface area (Å²) < 4.78 is 5.70. The molecule has 6 heteroatoms. The summed E-state index contributed by atoms with van der Waals surface area (Å²) in [4.78, 5) is 0. The Bertz CT molecular complexity index is 658. The highest BCUT2D eigenvalue weighted by Gasteiger charge is 2.11. The first-order valence-electron chi connectivity index (χ1n) is 6.23. The topological polar surface area (TPSA) is 35.2 Å². The van der Waals surface area contributed by atoms with Gasteiger partial charge in [0.2, 0.25) is 0 Å². The van der Waals surface area contributed by atoms with E-state index in [0.717, 1.165) is 12.0 Å². The Labute approximate surface area is 143 Å². The fourth-order valence-corrected chi connectivity index (χ4v) is 2.64. The van der Waals surface area contributed by atoms with Gasteiger partial charge in [0.25, 0.3) is 0 Å². The van der Waals surface area contributed by atoms with E-state index in [1.807, 2.05) is 19.1 Å². The second kappa shape index (κ2) is 7.08. The quantitative estimate of drug-likeness (QED) is 0.677. The lowest BCUT2D eigenvalue weighted by Crippen LogP contribution is -2.17. The highest BCUT2D eigenvalue weighted by atomic mass is 35.5. The van der Waals surface area contributed by atoms with Crippen molar-refractivity contribution in [1.29, 1.82) is 0 Å². The minimum Gasteiger partial charge on any atom is -0.454 e. The van der Waals surface area contributed by atoms with Crippen molar-refractivity contribution in [3.8, 4) is 11.5 Å². The van der Waals surface area contributed by atoms with Gasteiger partial charge in [-0.3, -0.25) is 0 Å². The zero-order chi connectivity index (χ0) is 15.6. The van der Waals surface area contributed by atoms with Crippen LogP contribution in [0.5, 0.6) is 11.5 Å². The summed E-state index contributed by atoms with van der Waals surface area (Å²) in [5.74, 6) is 0.887. The Hall–Kier alpha value is -0.640. The van der Waals surface area contributed by atoms with Crippen LogP contribution in [-0.4, -0.2) is 6.04 Å². The Kier molecular flexibility index (Phi) is 5.64. The highest BCUT2D eigenvalue weighted by Crippen LogP contribution is 2.38. The van der Waals surface area contributed by atoms with Crippen molar-refractivity contribution in [1.82, 2.24) is 0 Å². The molecular weight excluding hydrogens is 352 g/mol. The molecule has 0 heterocycles. The predicted octanol–water partition coefficient (Wildman–Crippen LogP) is 5.98. The normalized spacial score (nSPS) is 12.3. The first-order valence-corrected chi connectivity index (χ1v) is 7.74. The first-order chi connectivity index (χ1) is 9.86. The second-order valence-electron chi connectivity index (χ2n) is 4.74. The summed E-state index contributed by atoms with van der Waals surface area (Å²) in [6.07, 6.45) is 0.744. The molecular formula is C15H13Cl4NO. The largest absolute Gasteiger partial charge is 0.454 e. The molecule has 0 amide bonds. The summed E-state index contributed by atoms with van der Waals surface area (Å²) in [6, 6.07) is 8.66. The maximum absolute atomic E-state index is 6.22. The van der Waals surface area contributed by atoms with Gasteiger partial charge in [-0.1, -0.05) is 52.5 Å². The average Bonchev–Trinajstić information content (AvgIpc) is 2.38. The number of hydrogen-bond donors (Lipinski definition) is 1. The lowest BCUT2D eigenvalue weighted by atomic mass is 10.1. The van der Waals surface area contributed by atoms with E-state index < -0.39 is 0 Å². The van der Waals surface area contributed by atoms with E-state index in [1.165, 1.54) is 6.07 Å². The van der Waals surface area contributed by atoms with Crippen molar-refractivity contribution in [2.75, 3.05) is 0 Å². The van der Waals surface area contributed by atoms with Crippen LogP contribution in [-0.2, 0) is 6.42 Å². The molecule has 21 heavy (non-hydrogen) atoms. The minimum absolute atomic E-state index is 0.0670. The van der Waals surface area contributed by atoms with E-state index >= 15 is 0 Å². The molecule has 0 aliphatic carbocycles. The van der Waals surface area contributed by atoms with Crippen LogP contribution in [0.3, 0.4) is 0 Å². The monoisotopic (exact) mass is 363 g/mol. The summed E-state index contributed by atoms with van der Waals surface area (Å²) in [5, 5.41) is 1.57. The third-order valence-electron chi connectivity index (χ3n) is 2.75. The smallest absolute Gasteiger partial charge is 0.147 e. The van der Waals surface area contributed by atoms with E-state index in [9.17, 15) is 0 Å². The van der Waals surface area contributed by atoms with Gasteiger partial charge in [-0.2, -0.15) is 0 Å². The molecule has 1 unspecified atom stereocenters. The highest BCUT2D eigenvalue weighted by molar-refractivity contribution is 6.43. The van der Waals surface area contributed by atoms with Gasteiger partial charge in [-0.05, 0) is 37.1 Å². The molecule has 0 saturated carbocycles. The van der Waals surface area contributed by atoms with Crippen LogP contribution >= 0.6 is 46.4 Å². The third-order valence-corrected chi connectivity index (χ3v) is 4.06. The van der Waals surface area contributed by atoms with Crippen LogP contribution in [0.2, 0.25) is 20.1 Å². The first kappa shape index (κ1) is 16.7. The molecule has 0 aliphatic rings. The van der Waals surface area contributed by atoms with Gasteiger partial charge in [0, 0.05) is 12.1 Å². The number of benzene rings is 2. The average molecular weight is 365 g/mol. The number of rotatable bonds is 4. The summed E-state index contributed by atoms with van der Waals surface area (Å²) in [5.41, 5.74) is 6.81. The van der Waals surface area contributed by atoms with Gasteiger partial charge >= 0.3 is 0 Å². The van der Waals surface area contributed by atoms with Crippen LogP contribution in [0.25, 0.3) is 0 Å². The fraction of sp³-hybridized carbons (Fsp3) is 0.200. The van der Waals surface area contributed by atoms with Gasteiger partial charge in [0.15, 0.2) is 0 Å². The van der Waals surface area contributed by atoms with Crippen molar-refractivity contribution >= 4 is 46.4 Å². The van der Waals surface area contributed by atoms with Crippen molar-refractivity contribution in [2.24, 2.45) is 5.73 Å². The molecule has 2 aromatic carbocycles. The standard InChI is InChI=1S/C15H13Cl4NO/c1-8(20)4-9-2-3-14(12(18)5-9)21-15-7-11(17)10(16)6-13(15)19/h2-3,5-8H,4,20H2,1H3. The summed E-state index contributed by atoms with van der Waals surface area (Å²) >= 11 is 24.1. The van der Waals surface area contributed by atoms with Crippen LogP contribution in [0.15, 0.2) is 30.3 Å². The van der Waals surface area contributed by atoms with Crippen molar-refractivity contribution in [3.05, 3.63) is 56.0 Å². The third kappa shape index (κ3) is 4.41. The van der Waals surface area contributed by atoms with Crippen molar-refractivity contribution < 1.29 is 4.74 Å². The minimum atomic E-state index is 0.0670. The van der Waals surface area contributed by atoms with Crippen molar-refractivity contribution in [3.63, 3.8) is 0 Å². The molecule has 112 valence electrons. The molecule has 0 aliphatic heterocycles. The number of hydrogen-bond acceptors (Lipinski definition) is 2. The van der Waals surface area contributed by atoms with Crippen LogP contribution in [0.1, 0.15) is 12.5 Å². The molecule has 0 fully saturated rings. The molecule has 2 nitrogen and oxygen atoms in total. The lowest BCUT2D eigenvalue weighted by molar-refractivity contribution is 0.483. The number of ether oxygens (including phenoxy) is 1. The summed E-state index contributed by atoms with van der Waals surface area (Å²) in [6.45, 7) is 1.94. The number of halogens is 4. The van der Waals surface area contributed by atoms with Crippen LogP contribution < -0.4 is 10.5 Å². The van der Waals surface area contributed by atoms with Gasteiger partial charge in [-0.25, -0.2) is 0 Å². The molecule has 0 saturated heterocycles. The Morgan fingerprint density at radius 1 is 0.905 bits per heavy atom. The molecule has 2 N–H and O–H groups in total. The van der Waals surface area contributed by atoms with Crippen molar-refractivity contribution in [2.45, 2.75) is 19.4 Å². The maximum atomic E-state index is 6.22. The predicted molar refractivity (Wildman–Crippen MR) is 90.4 cm³/mol. The molecule has 1 atom stereocenters. The van der Waals surface area contributed by atoms with Crippen LogP contribution in [0, 0.1) is 0 Å². The maximum Gasteiger partial charge on any atom is 0.147 e. The Balaban J connectivity index is 2.26. The van der Waals surface area contributed by atoms with Gasteiger partial charge in [0.05, 0.1) is 20.1 Å². The van der Waals surface area contributed by atoms with E-state index in [-0.39, 0.29) is 6.04 Å². The Morgan fingerprint density at radius 2 is 1.52 bits per heavy atom. The second-order valence-corrected chi connectivity index (χ2v) is 6.37. The van der Waals surface area contributed by atoms with Crippen LogP contribution in [0.4, 0.5) is 0 Å². The van der Waals surface area contributed by atoms with E-state index in [4.69, 9.17) is 56.9 Å². The van der Waals surface area contributed by atoms with E-state index in [0.29, 0.717) is 31.6 Å². The SMILES string of the molecule is CC(N)Cc1ccc(Oc2cc(Cl)c(Cl)cc2Cl)c(Cl)c1. The van der Waals surface area contributed by atoms with Gasteiger partial charge in [0.1, 0.15) is 11.5 Å². The molecule has 0 aromatic heterocycles. The van der Waals surface area contributed by atoms with Gasteiger partial charge in [-0.15, -0.1) is 0 Å².